The Morgan fingerprint density at radius 1 is 0.927 bits per heavy atom. The number of amides is 4. The van der Waals surface area contributed by atoms with Crippen LogP contribution in [0.3, 0.4) is 0 Å². The Bertz CT molecular complexity index is 1350. The molecule has 1 saturated heterocycles. The lowest BCUT2D eigenvalue weighted by atomic mass is 9.83. The Morgan fingerprint density at radius 3 is 1.84 bits per heavy atom. The van der Waals surface area contributed by atoms with Crippen molar-refractivity contribution < 1.29 is 32.9 Å². The third-order valence-corrected chi connectivity index (χ3v) is 10.3. The number of hydrogen-bond donors (Lipinski definition) is 3. The first-order chi connectivity index (χ1) is 25.8. The Kier molecular flexibility index (Phi) is 28.2. The van der Waals surface area contributed by atoms with Gasteiger partial charge < -0.3 is 26.0 Å². The zero-order valence-electron chi connectivity index (χ0n) is 36.5. The van der Waals surface area contributed by atoms with Crippen molar-refractivity contribution in [2.45, 2.75) is 182 Å². The van der Waals surface area contributed by atoms with Crippen LogP contribution in [0.25, 0.3) is 0 Å². The zero-order valence-corrected chi connectivity index (χ0v) is 37.3. The summed E-state index contributed by atoms with van der Waals surface area (Å²) in [5.41, 5.74) is 4.47. The van der Waals surface area contributed by atoms with Gasteiger partial charge in [-0.15, -0.1) is 0 Å². The third-order valence-electron chi connectivity index (χ3n) is 8.43. The van der Waals surface area contributed by atoms with Gasteiger partial charge in [0.2, 0.25) is 18.2 Å². The van der Waals surface area contributed by atoms with Crippen LogP contribution in [-0.4, -0.2) is 81.1 Å². The molecule has 11 nitrogen and oxygen atoms in total. The van der Waals surface area contributed by atoms with Crippen LogP contribution in [0, 0.1) is 18.8 Å². The van der Waals surface area contributed by atoms with Gasteiger partial charge in [0.25, 0.3) is 0 Å². The molecule has 4 N–H and O–H groups in total. The first kappa shape index (κ1) is 53.7. The number of hydrogen-bond acceptors (Lipinski definition) is 7. The van der Waals surface area contributed by atoms with E-state index in [1.807, 2.05) is 32.9 Å². The second-order valence-electron chi connectivity index (χ2n) is 15.4. The molecular formula is C43H78N4O7S. The summed E-state index contributed by atoms with van der Waals surface area (Å²) in [4.78, 5) is 63.3. The summed E-state index contributed by atoms with van der Waals surface area (Å²) in [6, 6.07) is 4.62. The van der Waals surface area contributed by atoms with Crippen LogP contribution < -0.4 is 16.4 Å². The van der Waals surface area contributed by atoms with Gasteiger partial charge in [0.1, 0.15) is 17.7 Å². The van der Waals surface area contributed by atoms with Crippen molar-refractivity contribution in [3.63, 3.8) is 0 Å². The van der Waals surface area contributed by atoms with E-state index in [1.165, 1.54) is 30.6 Å². The van der Waals surface area contributed by atoms with E-state index in [0.717, 1.165) is 43.6 Å². The van der Waals surface area contributed by atoms with Crippen molar-refractivity contribution in [1.29, 1.82) is 0 Å². The molecule has 3 fully saturated rings. The largest absolute Gasteiger partial charge is 0.444 e. The molecule has 55 heavy (non-hydrogen) atoms. The minimum Gasteiger partial charge on any atom is -0.444 e. The molecular weight excluding hydrogens is 717 g/mol. The molecule has 0 bridgehead atoms. The minimum absolute atomic E-state index is 0.0365. The molecule has 1 aliphatic heterocycles. The predicted octanol–water partition coefficient (Wildman–Crippen LogP) is 7.99. The van der Waals surface area contributed by atoms with Gasteiger partial charge in [-0.05, 0) is 90.1 Å². The Morgan fingerprint density at radius 2 is 1.40 bits per heavy atom. The van der Waals surface area contributed by atoms with E-state index < -0.39 is 51.0 Å². The number of rotatable bonds is 9. The van der Waals surface area contributed by atoms with Gasteiger partial charge in [-0.2, -0.15) is 0 Å². The number of likely N-dealkylation sites (tertiary alicyclic amines) is 1. The topological polar surface area (TPSA) is 165 Å². The molecule has 1 aromatic rings. The van der Waals surface area contributed by atoms with Crippen LogP contribution in [0.1, 0.15) is 152 Å². The van der Waals surface area contributed by atoms with Crippen molar-refractivity contribution in [3.05, 3.63) is 29.8 Å². The monoisotopic (exact) mass is 795 g/mol. The number of alkyl carbamates (subject to hydrolysis) is 1. The molecule has 0 spiro atoms. The number of nitrogens with two attached hydrogens (primary N) is 1. The molecule has 1 heterocycles. The maximum Gasteiger partial charge on any atom is 0.408 e. The van der Waals surface area contributed by atoms with E-state index in [-0.39, 0.29) is 24.0 Å². The highest BCUT2D eigenvalue weighted by Gasteiger charge is 2.41. The van der Waals surface area contributed by atoms with Crippen LogP contribution in [0.5, 0.6) is 0 Å². The van der Waals surface area contributed by atoms with Gasteiger partial charge in [-0.25, -0.2) is 4.79 Å². The fourth-order valence-electron chi connectivity index (χ4n) is 5.55. The van der Waals surface area contributed by atoms with E-state index >= 15 is 0 Å². The maximum atomic E-state index is 13.8. The Balaban J connectivity index is 0. The molecule has 4 atom stereocenters. The van der Waals surface area contributed by atoms with Gasteiger partial charge in [0.05, 0.1) is 11.8 Å². The van der Waals surface area contributed by atoms with Crippen LogP contribution in [0.4, 0.5) is 4.79 Å². The zero-order chi connectivity index (χ0) is 42.8. The molecule has 4 rings (SSSR count). The highest BCUT2D eigenvalue weighted by atomic mass is 32.2. The average molecular weight is 795 g/mol. The fraction of sp³-hybridized carbons (Fsp3) is 0.721. The first-order valence-electron chi connectivity index (χ1n) is 20.5. The van der Waals surface area contributed by atoms with Crippen LogP contribution in [-0.2, 0) is 33.4 Å². The highest BCUT2D eigenvalue weighted by Crippen LogP contribution is 2.30. The van der Waals surface area contributed by atoms with E-state index in [1.54, 1.807) is 39.8 Å². The number of nitrogens with one attached hydrogen (secondary N) is 2. The van der Waals surface area contributed by atoms with Crippen molar-refractivity contribution >= 4 is 45.5 Å². The molecule has 318 valence electrons. The number of ketones is 1. The first-order valence-corrected chi connectivity index (χ1v) is 22.4. The molecule has 0 radical (unpaired) electrons. The Hall–Kier alpha value is -3.41. The average Bonchev–Trinajstić information content (AvgIpc) is 3.74. The second-order valence-corrected chi connectivity index (χ2v) is 17.8. The SMILES string of the molecule is C=S(=O)(CC(=O)C(C)NC(=O)C1CCCN1C(=O)C(NC(=O)OC(C)(C)C)C1CCCCC1)c1ccc(C)cc1.CC.CC1CC1.CCC.CCC.NC=O. The minimum atomic E-state index is -2.87. The number of ether oxygens (including phenoxy) is 1. The van der Waals surface area contributed by atoms with Gasteiger partial charge >= 0.3 is 6.09 Å². The number of Topliss-reactive ketones (excluding diaryl/α,β-unsaturated/α-hetero) is 1. The lowest BCUT2D eigenvalue weighted by Crippen LogP contribution is -2.57. The van der Waals surface area contributed by atoms with Crippen molar-refractivity contribution in [3.8, 4) is 0 Å². The molecule has 4 amide bonds. The normalized spacial score (nSPS) is 18.3. The van der Waals surface area contributed by atoms with E-state index in [9.17, 15) is 23.4 Å². The fourth-order valence-corrected chi connectivity index (χ4v) is 7.05. The number of carbonyl (C=O) groups excluding carboxylic acids is 5. The Labute approximate surface area is 335 Å². The molecule has 0 aromatic heterocycles. The standard InChI is InChI=1S/C30H45N3O6S.C4H8.2C3H8.C2H6.CH3NO/c1-20-14-16-23(17-15-20)40(6,38)19-25(34)21(2)31-27(35)24-13-10-18-33(24)28(36)26(22-11-8-7-9-12-22)32-29(37)39-30(3,4)5;1-4-2-3-4;2*1-3-2;1-2;2-1-3/h14-17,21-22,24,26H,6-13,18-19H2,1-5H3,(H,31,35)(H,32,37);4H,2-3H2,1H3;2*3H2,1-2H3;1-2H3;1H,(H2,2,3). The van der Waals surface area contributed by atoms with Gasteiger partial charge in [-0.1, -0.05) is 111 Å². The molecule has 12 heteroatoms. The van der Waals surface area contributed by atoms with Crippen LogP contribution >= 0.6 is 0 Å². The van der Waals surface area contributed by atoms with E-state index in [0.29, 0.717) is 24.3 Å². The van der Waals surface area contributed by atoms with E-state index in [2.05, 4.69) is 56.9 Å². The number of carbonyl (C=O) groups is 5. The van der Waals surface area contributed by atoms with Crippen molar-refractivity contribution in [2.75, 3.05) is 12.3 Å². The van der Waals surface area contributed by atoms with Crippen molar-refractivity contribution in [2.24, 2.45) is 17.6 Å². The number of primary amides is 1. The summed E-state index contributed by atoms with van der Waals surface area (Å²) in [7, 11) is -2.87. The number of benzene rings is 1. The molecule has 2 saturated carbocycles. The molecule has 2 aliphatic carbocycles. The summed E-state index contributed by atoms with van der Waals surface area (Å²) in [5, 5.41) is 5.54. The van der Waals surface area contributed by atoms with Crippen molar-refractivity contribution in [1.82, 2.24) is 15.5 Å². The highest BCUT2D eigenvalue weighted by molar-refractivity contribution is 8.01. The summed E-state index contributed by atoms with van der Waals surface area (Å²) in [6.07, 6.45) is 10.8. The van der Waals surface area contributed by atoms with E-state index in [4.69, 9.17) is 9.53 Å². The quantitative estimate of drug-likeness (QED) is 0.168. The summed E-state index contributed by atoms with van der Waals surface area (Å²) < 4.78 is 18.6. The maximum absolute atomic E-state index is 13.8. The third kappa shape index (κ3) is 23.3. The molecule has 3 aliphatic rings. The molecule has 4 unspecified atom stereocenters. The summed E-state index contributed by atoms with van der Waals surface area (Å²) in [5.74, 6) is 3.42. The summed E-state index contributed by atoms with van der Waals surface area (Å²) in [6.45, 7) is 23.9. The number of aryl methyl sites for hydroxylation is 1. The van der Waals surface area contributed by atoms with Gasteiger partial charge in [0, 0.05) is 21.0 Å². The van der Waals surface area contributed by atoms with Gasteiger partial charge in [0.15, 0.2) is 5.78 Å². The van der Waals surface area contributed by atoms with Crippen LogP contribution in [0.15, 0.2) is 29.2 Å². The predicted molar refractivity (Wildman–Crippen MR) is 229 cm³/mol. The molecule has 1 aromatic carbocycles. The van der Waals surface area contributed by atoms with Crippen LogP contribution in [0.2, 0.25) is 0 Å². The summed E-state index contributed by atoms with van der Waals surface area (Å²) >= 11 is 0. The van der Waals surface area contributed by atoms with Gasteiger partial charge in [-0.3, -0.25) is 23.4 Å². The second kappa shape index (κ2) is 28.9. The lowest BCUT2D eigenvalue weighted by Gasteiger charge is -2.35. The lowest BCUT2D eigenvalue weighted by molar-refractivity contribution is -0.141. The smallest absolute Gasteiger partial charge is 0.408 e. The number of nitrogens with zero attached hydrogens (tertiary/aromatic N) is 1.